The number of hydrogen-bond acceptors (Lipinski definition) is 3. The lowest BCUT2D eigenvalue weighted by molar-refractivity contribution is -0.190. The summed E-state index contributed by atoms with van der Waals surface area (Å²) >= 11 is 1.52. The maximum Gasteiger partial charge on any atom is 0.413 e. The predicted octanol–water partition coefficient (Wildman–Crippen LogP) is 2.64. The lowest BCUT2D eigenvalue weighted by atomic mass is 10.4. The van der Waals surface area contributed by atoms with Gasteiger partial charge in [0.15, 0.2) is 6.61 Å². The van der Waals surface area contributed by atoms with Gasteiger partial charge in [0.2, 0.25) is 0 Å². The van der Waals surface area contributed by atoms with Gasteiger partial charge >= 0.3 is 6.18 Å². The van der Waals surface area contributed by atoms with Gasteiger partial charge in [-0.25, -0.2) is 0 Å². The Hall–Kier alpha value is -0.590. The van der Waals surface area contributed by atoms with Gasteiger partial charge in [-0.1, -0.05) is 0 Å². The molecule has 0 fully saturated rings. The maximum absolute atomic E-state index is 11.6. The largest absolute Gasteiger partial charge is 0.413 e. The average molecular weight is 225 g/mol. The number of thiophene rings is 1. The summed E-state index contributed by atoms with van der Waals surface area (Å²) in [5, 5.41) is 0. The molecule has 2 nitrogen and oxygen atoms in total. The smallest absolute Gasteiger partial charge is 0.292 e. The van der Waals surface area contributed by atoms with Crippen LogP contribution in [0.15, 0.2) is 12.1 Å². The lowest BCUT2D eigenvalue weighted by Crippen LogP contribution is -2.24. The minimum Gasteiger partial charge on any atom is -0.292 e. The second kappa shape index (κ2) is 4.77. The first-order valence-corrected chi connectivity index (χ1v) is 4.76. The van der Waals surface area contributed by atoms with E-state index in [4.69, 9.17) is 0 Å². The molecule has 0 unspecified atom stereocenters. The molecule has 14 heavy (non-hydrogen) atoms. The van der Waals surface area contributed by atoms with Crippen LogP contribution in [-0.2, 0) is 11.4 Å². The van der Waals surface area contributed by atoms with Crippen LogP contribution in [-0.4, -0.2) is 12.8 Å². The number of aryl methyl sites for hydroxylation is 1. The predicted molar refractivity (Wildman–Crippen MR) is 47.9 cm³/mol. The molecule has 80 valence electrons. The molecule has 1 aromatic heterocycles. The van der Waals surface area contributed by atoms with Crippen molar-refractivity contribution >= 4 is 11.3 Å². The SMILES string of the molecule is Cc1ccc(CNOCC(F)(F)F)s1. The van der Waals surface area contributed by atoms with Gasteiger partial charge < -0.3 is 0 Å². The van der Waals surface area contributed by atoms with Crippen LogP contribution in [0.1, 0.15) is 9.75 Å². The molecule has 0 aliphatic carbocycles. The molecule has 6 heteroatoms. The van der Waals surface area contributed by atoms with Crippen LogP contribution < -0.4 is 5.48 Å². The van der Waals surface area contributed by atoms with Crippen molar-refractivity contribution in [2.75, 3.05) is 6.61 Å². The van der Waals surface area contributed by atoms with E-state index in [-0.39, 0.29) is 0 Å². The Morgan fingerprint density at radius 2 is 2.14 bits per heavy atom. The molecule has 1 N–H and O–H groups in total. The highest BCUT2D eigenvalue weighted by Gasteiger charge is 2.27. The molecule has 1 rings (SSSR count). The zero-order chi connectivity index (χ0) is 10.6. The molecule has 0 spiro atoms. The van der Waals surface area contributed by atoms with Crippen LogP contribution in [0.2, 0.25) is 0 Å². The molecule has 1 aromatic rings. The minimum absolute atomic E-state index is 0.300. The van der Waals surface area contributed by atoms with Gasteiger partial charge in [-0.3, -0.25) is 4.84 Å². The summed E-state index contributed by atoms with van der Waals surface area (Å²) in [6, 6.07) is 3.76. The number of hydroxylamine groups is 1. The fourth-order valence-corrected chi connectivity index (χ4v) is 1.65. The Kier molecular flexibility index (Phi) is 3.91. The standard InChI is InChI=1S/C8H10F3NOS/c1-6-2-3-7(14-6)4-12-13-5-8(9,10)11/h2-3,12H,4-5H2,1H3. The van der Waals surface area contributed by atoms with Crippen LogP contribution in [0.4, 0.5) is 13.2 Å². The monoisotopic (exact) mass is 225 g/mol. The van der Waals surface area contributed by atoms with E-state index in [1.807, 2.05) is 19.1 Å². The average Bonchev–Trinajstić information content (AvgIpc) is 2.44. The van der Waals surface area contributed by atoms with Crippen LogP contribution in [0.25, 0.3) is 0 Å². The van der Waals surface area contributed by atoms with Gasteiger partial charge in [-0.05, 0) is 19.1 Å². The Morgan fingerprint density at radius 1 is 1.43 bits per heavy atom. The third-order valence-electron chi connectivity index (χ3n) is 1.38. The number of rotatable bonds is 4. The van der Waals surface area contributed by atoms with Gasteiger partial charge in [0, 0.05) is 9.75 Å². The van der Waals surface area contributed by atoms with E-state index in [2.05, 4.69) is 10.3 Å². The molecule has 0 aromatic carbocycles. The van der Waals surface area contributed by atoms with Gasteiger partial charge in [0.05, 0.1) is 6.54 Å². The second-order valence-corrected chi connectivity index (χ2v) is 4.11. The minimum atomic E-state index is -4.28. The summed E-state index contributed by atoms with van der Waals surface area (Å²) < 4.78 is 34.9. The second-order valence-electron chi connectivity index (χ2n) is 2.74. The highest BCUT2D eigenvalue weighted by Crippen LogP contribution is 2.15. The molecule has 0 saturated heterocycles. The zero-order valence-corrected chi connectivity index (χ0v) is 8.34. The molecule has 0 radical (unpaired) electrons. The van der Waals surface area contributed by atoms with Crippen LogP contribution in [0.3, 0.4) is 0 Å². The molecule has 0 aliphatic heterocycles. The maximum atomic E-state index is 11.6. The van der Waals surface area contributed by atoms with Crippen molar-refractivity contribution in [3.05, 3.63) is 21.9 Å². The quantitative estimate of drug-likeness (QED) is 0.628. The third kappa shape index (κ3) is 4.59. The fourth-order valence-electron chi connectivity index (χ4n) is 0.835. The lowest BCUT2D eigenvalue weighted by Gasteiger charge is -2.07. The highest BCUT2D eigenvalue weighted by atomic mass is 32.1. The molecule has 0 saturated carbocycles. The van der Waals surface area contributed by atoms with Crippen molar-refractivity contribution in [3.63, 3.8) is 0 Å². The van der Waals surface area contributed by atoms with E-state index in [1.165, 1.54) is 11.3 Å². The summed E-state index contributed by atoms with van der Waals surface area (Å²) in [6.07, 6.45) is -4.28. The van der Waals surface area contributed by atoms with Crippen molar-refractivity contribution in [2.45, 2.75) is 19.6 Å². The first-order valence-electron chi connectivity index (χ1n) is 3.94. The van der Waals surface area contributed by atoms with Crippen molar-refractivity contribution in [1.82, 2.24) is 5.48 Å². The van der Waals surface area contributed by atoms with Crippen molar-refractivity contribution < 1.29 is 18.0 Å². The van der Waals surface area contributed by atoms with E-state index < -0.39 is 12.8 Å². The molecular formula is C8H10F3NOS. The summed E-state index contributed by atoms with van der Waals surface area (Å²) in [5.74, 6) is 0. The molecule has 1 heterocycles. The summed E-state index contributed by atoms with van der Waals surface area (Å²) in [6.45, 7) is 0.969. The van der Waals surface area contributed by atoms with Crippen molar-refractivity contribution in [1.29, 1.82) is 0 Å². The topological polar surface area (TPSA) is 21.3 Å². The molecule has 0 atom stereocenters. The van der Waals surface area contributed by atoms with Crippen molar-refractivity contribution in [3.8, 4) is 0 Å². The van der Waals surface area contributed by atoms with Gasteiger partial charge in [0.1, 0.15) is 0 Å². The Morgan fingerprint density at radius 3 is 2.64 bits per heavy atom. The third-order valence-corrected chi connectivity index (χ3v) is 2.38. The Labute approximate surface area is 83.6 Å². The highest BCUT2D eigenvalue weighted by molar-refractivity contribution is 7.11. The van der Waals surface area contributed by atoms with E-state index in [9.17, 15) is 13.2 Å². The van der Waals surface area contributed by atoms with Gasteiger partial charge in [-0.2, -0.15) is 18.7 Å². The molecule has 0 bridgehead atoms. The van der Waals surface area contributed by atoms with Gasteiger partial charge in [0.25, 0.3) is 0 Å². The number of halogens is 3. The van der Waals surface area contributed by atoms with Crippen molar-refractivity contribution in [2.24, 2.45) is 0 Å². The van der Waals surface area contributed by atoms with Gasteiger partial charge in [-0.15, -0.1) is 11.3 Å². The number of alkyl halides is 3. The molecular weight excluding hydrogens is 215 g/mol. The van der Waals surface area contributed by atoms with Crippen LogP contribution in [0.5, 0.6) is 0 Å². The number of nitrogens with one attached hydrogen (secondary N) is 1. The van der Waals surface area contributed by atoms with E-state index in [0.29, 0.717) is 6.54 Å². The van der Waals surface area contributed by atoms with E-state index >= 15 is 0 Å². The first-order chi connectivity index (χ1) is 6.47. The Bertz CT molecular complexity index is 284. The fraction of sp³-hybridized carbons (Fsp3) is 0.500. The number of hydrogen-bond donors (Lipinski definition) is 1. The first kappa shape index (κ1) is 11.5. The summed E-state index contributed by atoms with van der Waals surface area (Å²) in [5.41, 5.74) is 2.26. The molecule has 0 aliphatic rings. The van der Waals surface area contributed by atoms with Crippen LogP contribution in [0, 0.1) is 6.92 Å². The normalized spacial score (nSPS) is 12.0. The van der Waals surface area contributed by atoms with Crippen LogP contribution >= 0.6 is 11.3 Å². The summed E-state index contributed by atoms with van der Waals surface area (Å²) in [4.78, 5) is 6.31. The Balaban J connectivity index is 2.16. The van der Waals surface area contributed by atoms with E-state index in [0.717, 1.165) is 9.75 Å². The van der Waals surface area contributed by atoms with E-state index in [1.54, 1.807) is 0 Å². The zero-order valence-electron chi connectivity index (χ0n) is 7.52. The molecule has 0 amide bonds. The summed E-state index contributed by atoms with van der Waals surface area (Å²) in [7, 11) is 0.